The lowest BCUT2D eigenvalue weighted by Gasteiger charge is -2.09. The van der Waals surface area contributed by atoms with Crippen LogP contribution in [0.2, 0.25) is 0 Å². The molecule has 0 aliphatic heterocycles. The number of nitrogens with one attached hydrogen (secondary N) is 1. The summed E-state index contributed by atoms with van der Waals surface area (Å²) in [5.41, 5.74) is 5.55. The van der Waals surface area contributed by atoms with Gasteiger partial charge in [-0.2, -0.15) is 9.97 Å². The summed E-state index contributed by atoms with van der Waals surface area (Å²) in [5, 5.41) is 3.07. The molecule has 0 atom stereocenters. The van der Waals surface area contributed by atoms with Crippen LogP contribution < -0.4 is 15.8 Å². The highest BCUT2D eigenvalue weighted by atomic mass is 16.5. The molecule has 15 heavy (non-hydrogen) atoms. The lowest BCUT2D eigenvalue weighted by atomic mass is 10.2. The van der Waals surface area contributed by atoms with Gasteiger partial charge in [0.15, 0.2) is 0 Å². The van der Waals surface area contributed by atoms with Crippen molar-refractivity contribution < 1.29 is 4.74 Å². The zero-order valence-electron chi connectivity index (χ0n) is 9.45. The highest BCUT2D eigenvalue weighted by Crippen LogP contribution is 2.15. The molecule has 0 saturated carbocycles. The smallest absolute Gasteiger partial charge is 0.225 e. The van der Waals surface area contributed by atoms with E-state index in [0.29, 0.717) is 24.2 Å². The van der Waals surface area contributed by atoms with Gasteiger partial charge in [0.2, 0.25) is 11.8 Å². The highest BCUT2D eigenvalue weighted by molar-refractivity contribution is 5.42. The summed E-state index contributed by atoms with van der Waals surface area (Å²) in [4.78, 5) is 8.02. The van der Waals surface area contributed by atoms with Crippen LogP contribution >= 0.6 is 0 Å². The van der Waals surface area contributed by atoms with Crippen LogP contribution in [0, 0.1) is 5.92 Å². The Morgan fingerprint density at radius 2 is 2.20 bits per heavy atom. The van der Waals surface area contributed by atoms with E-state index in [-0.39, 0.29) is 5.95 Å². The van der Waals surface area contributed by atoms with E-state index in [1.165, 1.54) is 0 Å². The number of nitrogens with zero attached hydrogens (tertiary/aromatic N) is 2. The van der Waals surface area contributed by atoms with Crippen molar-refractivity contribution in [3.63, 3.8) is 0 Å². The van der Waals surface area contributed by atoms with Crippen LogP contribution in [0.15, 0.2) is 6.07 Å². The van der Waals surface area contributed by atoms with E-state index in [4.69, 9.17) is 10.5 Å². The summed E-state index contributed by atoms with van der Waals surface area (Å²) in [6.07, 6.45) is 0. The summed E-state index contributed by atoms with van der Waals surface area (Å²) in [6.45, 7) is 7.57. The Bertz CT molecular complexity index is 314. The van der Waals surface area contributed by atoms with E-state index < -0.39 is 0 Å². The van der Waals surface area contributed by atoms with Gasteiger partial charge < -0.3 is 15.8 Å². The van der Waals surface area contributed by atoms with E-state index in [9.17, 15) is 0 Å². The first kappa shape index (κ1) is 11.6. The first-order valence-electron chi connectivity index (χ1n) is 5.13. The van der Waals surface area contributed by atoms with Gasteiger partial charge in [-0.25, -0.2) is 0 Å². The molecule has 0 amide bonds. The van der Waals surface area contributed by atoms with Crippen LogP contribution in [-0.4, -0.2) is 23.1 Å². The van der Waals surface area contributed by atoms with Crippen molar-refractivity contribution in [3.8, 4) is 5.88 Å². The van der Waals surface area contributed by atoms with Gasteiger partial charge in [0.1, 0.15) is 5.82 Å². The fraction of sp³-hybridized carbons (Fsp3) is 0.600. The number of anilines is 2. The minimum absolute atomic E-state index is 0.229. The predicted molar refractivity (Wildman–Crippen MR) is 60.9 cm³/mol. The second-order valence-electron chi connectivity index (χ2n) is 3.68. The SMILES string of the molecule is CCNc1cc(OCC(C)C)nc(N)n1. The number of nitrogen functional groups attached to an aromatic ring is 1. The zero-order valence-corrected chi connectivity index (χ0v) is 9.45. The maximum atomic E-state index is 5.55. The van der Waals surface area contributed by atoms with Crippen molar-refractivity contribution in [2.75, 3.05) is 24.2 Å². The molecule has 0 spiro atoms. The molecule has 0 aliphatic rings. The maximum absolute atomic E-state index is 5.55. The summed E-state index contributed by atoms with van der Waals surface area (Å²) < 4.78 is 5.46. The van der Waals surface area contributed by atoms with Crippen molar-refractivity contribution >= 4 is 11.8 Å². The molecule has 0 aromatic carbocycles. The molecule has 0 saturated heterocycles. The Hall–Kier alpha value is -1.52. The van der Waals surface area contributed by atoms with E-state index >= 15 is 0 Å². The number of hydrogen-bond donors (Lipinski definition) is 2. The molecule has 0 fully saturated rings. The molecule has 5 nitrogen and oxygen atoms in total. The summed E-state index contributed by atoms with van der Waals surface area (Å²) in [5.74, 6) is 1.91. The van der Waals surface area contributed by atoms with E-state index in [1.807, 2.05) is 6.92 Å². The second kappa shape index (κ2) is 5.38. The van der Waals surface area contributed by atoms with Crippen LogP contribution in [0.4, 0.5) is 11.8 Å². The predicted octanol–water partition coefficient (Wildman–Crippen LogP) is 1.53. The topological polar surface area (TPSA) is 73.1 Å². The number of hydrogen-bond acceptors (Lipinski definition) is 5. The minimum atomic E-state index is 0.229. The number of ether oxygens (including phenoxy) is 1. The quantitative estimate of drug-likeness (QED) is 0.771. The molecule has 5 heteroatoms. The third-order valence-corrected chi connectivity index (χ3v) is 1.64. The average molecular weight is 210 g/mol. The fourth-order valence-electron chi connectivity index (χ4n) is 1.04. The number of nitrogens with two attached hydrogens (primary N) is 1. The zero-order chi connectivity index (χ0) is 11.3. The number of aromatic nitrogens is 2. The van der Waals surface area contributed by atoms with Gasteiger partial charge in [-0.3, -0.25) is 0 Å². The Labute approximate surface area is 90.1 Å². The molecule has 0 aliphatic carbocycles. The van der Waals surface area contributed by atoms with Crippen molar-refractivity contribution in [2.45, 2.75) is 20.8 Å². The summed E-state index contributed by atoms with van der Waals surface area (Å²) >= 11 is 0. The van der Waals surface area contributed by atoms with Crippen LogP contribution in [-0.2, 0) is 0 Å². The first-order chi connectivity index (χ1) is 7.11. The van der Waals surface area contributed by atoms with Crippen molar-refractivity contribution in [1.82, 2.24) is 9.97 Å². The lowest BCUT2D eigenvalue weighted by Crippen LogP contribution is -2.09. The Kier molecular flexibility index (Phi) is 4.15. The van der Waals surface area contributed by atoms with E-state index in [1.54, 1.807) is 6.07 Å². The Morgan fingerprint density at radius 3 is 2.80 bits per heavy atom. The molecule has 0 radical (unpaired) electrons. The van der Waals surface area contributed by atoms with Crippen LogP contribution in [0.3, 0.4) is 0 Å². The van der Waals surface area contributed by atoms with Gasteiger partial charge in [0.25, 0.3) is 0 Å². The number of rotatable bonds is 5. The van der Waals surface area contributed by atoms with Gasteiger partial charge >= 0.3 is 0 Å². The van der Waals surface area contributed by atoms with Crippen molar-refractivity contribution in [1.29, 1.82) is 0 Å². The molecule has 1 heterocycles. The van der Waals surface area contributed by atoms with Gasteiger partial charge in [0.05, 0.1) is 6.61 Å². The Morgan fingerprint density at radius 1 is 1.47 bits per heavy atom. The van der Waals surface area contributed by atoms with Crippen LogP contribution in [0.1, 0.15) is 20.8 Å². The molecule has 84 valence electrons. The van der Waals surface area contributed by atoms with Gasteiger partial charge in [0, 0.05) is 12.6 Å². The fourth-order valence-corrected chi connectivity index (χ4v) is 1.04. The second-order valence-corrected chi connectivity index (χ2v) is 3.68. The van der Waals surface area contributed by atoms with Crippen molar-refractivity contribution in [2.24, 2.45) is 5.92 Å². The highest BCUT2D eigenvalue weighted by Gasteiger charge is 2.03. The molecule has 3 N–H and O–H groups in total. The van der Waals surface area contributed by atoms with Gasteiger partial charge in [-0.1, -0.05) is 13.8 Å². The molecular weight excluding hydrogens is 192 g/mol. The largest absolute Gasteiger partial charge is 0.477 e. The van der Waals surface area contributed by atoms with Crippen LogP contribution in [0.25, 0.3) is 0 Å². The molecule has 1 rings (SSSR count). The monoisotopic (exact) mass is 210 g/mol. The van der Waals surface area contributed by atoms with Crippen molar-refractivity contribution in [3.05, 3.63) is 6.07 Å². The average Bonchev–Trinajstić information content (AvgIpc) is 2.14. The third kappa shape index (κ3) is 4.01. The maximum Gasteiger partial charge on any atom is 0.225 e. The van der Waals surface area contributed by atoms with Gasteiger partial charge in [-0.15, -0.1) is 0 Å². The van der Waals surface area contributed by atoms with E-state index in [0.717, 1.165) is 6.54 Å². The standard InChI is InChI=1S/C10H18N4O/c1-4-12-8-5-9(14-10(11)13-8)15-6-7(2)3/h5,7H,4,6H2,1-3H3,(H3,11,12,13,14). The summed E-state index contributed by atoms with van der Waals surface area (Å²) in [7, 11) is 0. The molecule has 0 unspecified atom stereocenters. The molecule has 1 aromatic rings. The molecule has 0 bridgehead atoms. The normalized spacial score (nSPS) is 10.4. The van der Waals surface area contributed by atoms with Gasteiger partial charge in [-0.05, 0) is 12.8 Å². The summed E-state index contributed by atoms with van der Waals surface area (Å²) in [6, 6.07) is 1.75. The lowest BCUT2D eigenvalue weighted by molar-refractivity contribution is 0.261. The van der Waals surface area contributed by atoms with Crippen LogP contribution in [0.5, 0.6) is 5.88 Å². The molecule has 1 aromatic heterocycles. The molecular formula is C10H18N4O. The van der Waals surface area contributed by atoms with E-state index in [2.05, 4.69) is 29.1 Å². The first-order valence-corrected chi connectivity index (χ1v) is 5.13. The minimum Gasteiger partial charge on any atom is -0.477 e. The third-order valence-electron chi connectivity index (χ3n) is 1.64. The Balaban J connectivity index is 2.70.